The summed E-state index contributed by atoms with van der Waals surface area (Å²) in [6, 6.07) is 9.70. The molecule has 1 aliphatic heterocycles. The van der Waals surface area contributed by atoms with E-state index in [1.165, 1.54) is 11.8 Å². The van der Waals surface area contributed by atoms with Gasteiger partial charge in [0.2, 0.25) is 5.91 Å². The fraction of sp³-hybridized carbons (Fsp3) is 0.429. The molecule has 20 heavy (non-hydrogen) atoms. The van der Waals surface area contributed by atoms with E-state index in [1.54, 1.807) is 17.8 Å². The average Bonchev–Trinajstić information content (AvgIpc) is 2.90. The van der Waals surface area contributed by atoms with E-state index in [2.05, 4.69) is 11.4 Å². The quantitative estimate of drug-likeness (QED) is 0.862. The van der Waals surface area contributed by atoms with Crippen LogP contribution in [0, 0.1) is 11.3 Å². The molecule has 0 spiro atoms. The molecule has 1 fully saturated rings. The Morgan fingerprint density at radius 2 is 2.35 bits per heavy atom. The lowest BCUT2D eigenvalue weighted by atomic mass is 10.0. The Labute approximate surface area is 132 Å². The molecule has 1 amide bonds. The Morgan fingerprint density at radius 3 is 2.95 bits per heavy atom. The summed E-state index contributed by atoms with van der Waals surface area (Å²) in [7, 11) is 0. The third kappa shape index (κ3) is 3.63. The second kappa shape index (κ2) is 6.75. The van der Waals surface area contributed by atoms with E-state index in [0.29, 0.717) is 17.2 Å². The highest BCUT2D eigenvalue weighted by atomic mass is 35.5. The zero-order valence-corrected chi connectivity index (χ0v) is 13.4. The molecule has 0 bridgehead atoms. The minimum atomic E-state index is -0.697. The van der Waals surface area contributed by atoms with Gasteiger partial charge in [0.1, 0.15) is 5.54 Å². The minimum absolute atomic E-state index is 0.112. The Bertz CT molecular complexity index is 538. The largest absolute Gasteiger partial charge is 0.336 e. The molecule has 1 aromatic rings. The molecule has 0 saturated carbocycles. The fourth-order valence-electron chi connectivity index (χ4n) is 1.90. The number of nitrogens with zero attached hydrogens (tertiary/aromatic N) is 1. The van der Waals surface area contributed by atoms with Gasteiger partial charge in [-0.3, -0.25) is 4.79 Å². The topological polar surface area (TPSA) is 52.9 Å². The molecule has 3 nitrogen and oxygen atoms in total. The number of benzene rings is 1. The molecule has 0 aliphatic carbocycles. The standard InChI is InChI=1S/C14H15ClN2OS2/c1-10(20-12-5-3-2-4-11(12)15)13(18)17-14(8-16)6-7-19-9-14/h2-5,10H,6-7,9H2,1H3,(H,17,18)/t10-,14+/m0/s1. The van der Waals surface area contributed by atoms with Crippen LogP contribution in [-0.2, 0) is 4.79 Å². The molecule has 1 saturated heterocycles. The average molecular weight is 327 g/mol. The van der Waals surface area contributed by atoms with E-state index in [1.807, 2.05) is 25.1 Å². The van der Waals surface area contributed by atoms with Crippen molar-refractivity contribution in [2.24, 2.45) is 0 Å². The van der Waals surface area contributed by atoms with E-state index in [9.17, 15) is 10.1 Å². The van der Waals surface area contributed by atoms with Gasteiger partial charge in [-0.1, -0.05) is 23.7 Å². The molecule has 0 unspecified atom stereocenters. The normalized spacial score (nSPS) is 23.1. The Morgan fingerprint density at radius 1 is 1.60 bits per heavy atom. The molecule has 1 N–H and O–H groups in total. The summed E-state index contributed by atoms with van der Waals surface area (Å²) < 4.78 is 0. The highest BCUT2D eigenvalue weighted by molar-refractivity contribution is 8.00. The van der Waals surface area contributed by atoms with Crippen molar-refractivity contribution in [1.29, 1.82) is 5.26 Å². The summed E-state index contributed by atoms with van der Waals surface area (Å²) in [6.45, 7) is 1.83. The van der Waals surface area contributed by atoms with Crippen LogP contribution in [0.3, 0.4) is 0 Å². The second-order valence-corrected chi connectivity index (χ2v) is 7.57. The molecular weight excluding hydrogens is 312 g/mol. The lowest BCUT2D eigenvalue weighted by Crippen LogP contribution is -2.50. The van der Waals surface area contributed by atoms with Crippen molar-refractivity contribution in [2.75, 3.05) is 11.5 Å². The van der Waals surface area contributed by atoms with Crippen molar-refractivity contribution in [1.82, 2.24) is 5.32 Å². The molecule has 106 valence electrons. The van der Waals surface area contributed by atoms with Crippen molar-refractivity contribution < 1.29 is 4.79 Å². The number of hydrogen-bond acceptors (Lipinski definition) is 4. The number of halogens is 1. The van der Waals surface area contributed by atoms with Crippen LogP contribution in [-0.4, -0.2) is 28.2 Å². The summed E-state index contributed by atoms with van der Waals surface area (Å²) in [4.78, 5) is 13.1. The lowest BCUT2D eigenvalue weighted by molar-refractivity contribution is -0.121. The van der Waals surface area contributed by atoms with Crippen molar-refractivity contribution in [3.63, 3.8) is 0 Å². The number of carbonyl (C=O) groups excluding carboxylic acids is 1. The third-order valence-corrected chi connectivity index (χ3v) is 5.92. The highest BCUT2D eigenvalue weighted by Crippen LogP contribution is 2.31. The van der Waals surface area contributed by atoms with Crippen LogP contribution in [0.15, 0.2) is 29.2 Å². The summed E-state index contributed by atoms with van der Waals surface area (Å²) in [6.07, 6.45) is 0.712. The number of thioether (sulfide) groups is 2. The highest BCUT2D eigenvalue weighted by Gasteiger charge is 2.37. The van der Waals surface area contributed by atoms with Crippen LogP contribution in [0.4, 0.5) is 0 Å². The van der Waals surface area contributed by atoms with E-state index in [4.69, 9.17) is 11.6 Å². The SMILES string of the molecule is C[C@H](Sc1ccccc1Cl)C(=O)N[C@@]1(C#N)CCSC1. The van der Waals surface area contributed by atoms with Gasteiger partial charge in [0, 0.05) is 10.6 Å². The maximum atomic E-state index is 12.2. The number of nitriles is 1. The van der Waals surface area contributed by atoms with Crippen molar-refractivity contribution >= 4 is 41.0 Å². The van der Waals surface area contributed by atoms with Gasteiger partial charge in [-0.25, -0.2) is 0 Å². The third-order valence-electron chi connectivity index (χ3n) is 3.11. The van der Waals surface area contributed by atoms with Gasteiger partial charge in [-0.15, -0.1) is 11.8 Å². The molecule has 0 radical (unpaired) electrons. The number of amides is 1. The first-order valence-electron chi connectivity index (χ1n) is 6.28. The van der Waals surface area contributed by atoms with Crippen LogP contribution >= 0.6 is 35.1 Å². The summed E-state index contributed by atoms with van der Waals surface area (Å²) in [5, 5.41) is 12.5. The molecule has 1 aromatic carbocycles. The Hall–Kier alpha value is -0.830. The van der Waals surface area contributed by atoms with E-state index >= 15 is 0 Å². The van der Waals surface area contributed by atoms with Gasteiger partial charge in [-0.05, 0) is 31.2 Å². The monoisotopic (exact) mass is 326 g/mol. The van der Waals surface area contributed by atoms with Crippen LogP contribution in [0.2, 0.25) is 5.02 Å². The first kappa shape index (κ1) is 15.6. The Kier molecular flexibility index (Phi) is 5.25. The van der Waals surface area contributed by atoms with Gasteiger partial charge in [0.15, 0.2) is 0 Å². The molecule has 2 atom stereocenters. The number of hydrogen-bond donors (Lipinski definition) is 1. The van der Waals surface area contributed by atoms with Crippen LogP contribution in [0.5, 0.6) is 0 Å². The number of rotatable bonds is 4. The van der Waals surface area contributed by atoms with Gasteiger partial charge in [0.05, 0.1) is 16.3 Å². The first-order valence-corrected chi connectivity index (χ1v) is 8.70. The van der Waals surface area contributed by atoms with Gasteiger partial charge >= 0.3 is 0 Å². The molecule has 2 rings (SSSR count). The van der Waals surface area contributed by atoms with Gasteiger partial charge < -0.3 is 5.32 Å². The number of nitrogens with one attached hydrogen (secondary N) is 1. The van der Waals surface area contributed by atoms with Crippen LogP contribution < -0.4 is 5.32 Å². The smallest absolute Gasteiger partial charge is 0.234 e. The lowest BCUT2D eigenvalue weighted by Gasteiger charge is -2.23. The minimum Gasteiger partial charge on any atom is -0.336 e. The van der Waals surface area contributed by atoms with Crippen LogP contribution in [0.1, 0.15) is 13.3 Å². The maximum absolute atomic E-state index is 12.2. The predicted molar refractivity (Wildman–Crippen MR) is 85.2 cm³/mol. The molecule has 1 aliphatic rings. The van der Waals surface area contributed by atoms with E-state index in [0.717, 1.165) is 10.6 Å². The van der Waals surface area contributed by atoms with Crippen molar-refractivity contribution in [2.45, 2.75) is 29.0 Å². The predicted octanol–water partition coefficient (Wildman–Crippen LogP) is 3.34. The van der Waals surface area contributed by atoms with E-state index in [-0.39, 0.29) is 11.2 Å². The second-order valence-electron chi connectivity index (χ2n) is 4.68. The molecule has 6 heteroatoms. The zero-order chi connectivity index (χ0) is 14.6. The van der Waals surface area contributed by atoms with Crippen LogP contribution in [0.25, 0.3) is 0 Å². The van der Waals surface area contributed by atoms with Gasteiger partial charge in [0.25, 0.3) is 0 Å². The first-order chi connectivity index (χ1) is 9.56. The zero-order valence-electron chi connectivity index (χ0n) is 11.1. The van der Waals surface area contributed by atoms with Gasteiger partial charge in [-0.2, -0.15) is 17.0 Å². The fourth-order valence-corrected chi connectivity index (χ4v) is 4.32. The Balaban J connectivity index is 1.99. The number of carbonyl (C=O) groups is 1. The summed E-state index contributed by atoms with van der Waals surface area (Å²) in [5.41, 5.74) is -0.697. The molecular formula is C14H15ClN2OS2. The summed E-state index contributed by atoms with van der Waals surface area (Å²) in [5.74, 6) is 1.47. The van der Waals surface area contributed by atoms with Crippen molar-refractivity contribution in [3.05, 3.63) is 29.3 Å². The van der Waals surface area contributed by atoms with E-state index < -0.39 is 5.54 Å². The van der Waals surface area contributed by atoms with Crippen molar-refractivity contribution in [3.8, 4) is 6.07 Å². The summed E-state index contributed by atoms with van der Waals surface area (Å²) >= 11 is 9.20. The molecule has 1 heterocycles. The maximum Gasteiger partial charge on any atom is 0.234 e. The molecule has 0 aromatic heterocycles.